The lowest BCUT2D eigenvalue weighted by molar-refractivity contribution is -0.0190. The first kappa shape index (κ1) is 20.5. The van der Waals surface area contributed by atoms with Crippen LogP contribution >= 0.6 is 0 Å². The summed E-state index contributed by atoms with van der Waals surface area (Å²) in [5.74, 6) is 0. The van der Waals surface area contributed by atoms with Gasteiger partial charge in [-0.15, -0.1) is 5.10 Å². The summed E-state index contributed by atoms with van der Waals surface area (Å²) in [4.78, 5) is 17.7. The van der Waals surface area contributed by atoms with E-state index in [1.807, 2.05) is 30.3 Å². The van der Waals surface area contributed by atoms with Crippen LogP contribution in [0.3, 0.4) is 0 Å². The highest BCUT2D eigenvalue weighted by atomic mass is 16.5. The van der Waals surface area contributed by atoms with E-state index in [1.54, 1.807) is 44.3 Å². The van der Waals surface area contributed by atoms with E-state index in [0.717, 1.165) is 16.2 Å². The second kappa shape index (κ2) is 7.92. The predicted molar refractivity (Wildman–Crippen MR) is 119 cm³/mol. The molecule has 4 aromatic rings. The molecule has 10 heteroatoms. The smallest absolute Gasteiger partial charge is 0.284 e. The molecule has 0 saturated carbocycles. The summed E-state index contributed by atoms with van der Waals surface area (Å²) in [7, 11) is 0. The zero-order valence-corrected chi connectivity index (χ0v) is 18.0. The SMILES string of the molecule is CC1=CC(=c2c(-c3ccccc3)nc(=N)n3c(=O)n(Cc4cccnn4)nc23)C=C(C)N1O. The number of hydrogen-bond acceptors (Lipinski definition) is 8. The summed E-state index contributed by atoms with van der Waals surface area (Å²) in [6.45, 7) is 3.67. The Hall–Kier alpha value is -4.44. The second-order valence-electron chi connectivity index (χ2n) is 7.68. The minimum absolute atomic E-state index is 0.109. The normalized spacial score (nSPS) is 13.9. The van der Waals surface area contributed by atoms with E-state index >= 15 is 0 Å². The molecule has 0 spiro atoms. The molecular weight excluding hydrogens is 420 g/mol. The van der Waals surface area contributed by atoms with Crippen molar-refractivity contribution in [1.29, 1.82) is 5.41 Å². The maximum Gasteiger partial charge on any atom is 0.353 e. The lowest BCUT2D eigenvalue weighted by Crippen LogP contribution is -2.34. The van der Waals surface area contributed by atoms with Crippen molar-refractivity contribution in [1.82, 2.24) is 34.4 Å². The van der Waals surface area contributed by atoms with Gasteiger partial charge in [0.25, 0.3) is 0 Å². The van der Waals surface area contributed by atoms with Crippen molar-refractivity contribution in [2.75, 3.05) is 0 Å². The number of hydrogen-bond donors (Lipinski definition) is 2. The highest BCUT2D eigenvalue weighted by Crippen LogP contribution is 2.22. The molecule has 164 valence electrons. The van der Waals surface area contributed by atoms with E-state index < -0.39 is 5.69 Å². The highest BCUT2D eigenvalue weighted by molar-refractivity contribution is 5.79. The molecule has 1 aliphatic rings. The first-order chi connectivity index (χ1) is 15.9. The molecule has 2 N–H and O–H groups in total. The maximum atomic E-state index is 13.2. The summed E-state index contributed by atoms with van der Waals surface area (Å²) in [5, 5.41) is 32.9. The molecule has 0 unspecified atom stereocenters. The third-order valence-corrected chi connectivity index (χ3v) is 5.40. The van der Waals surface area contributed by atoms with Gasteiger partial charge in [-0.05, 0) is 43.7 Å². The van der Waals surface area contributed by atoms with Gasteiger partial charge < -0.3 is 0 Å². The molecule has 0 saturated heterocycles. The molecule has 3 aromatic heterocycles. The predicted octanol–water partition coefficient (Wildman–Crippen LogP) is 1.26. The first-order valence-corrected chi connectivity index (χ1v) is 10.2. The van der Waals surface area contributed by atoms with Crippen molar-refractivity contribution in [2.45, 2.75) is 20.4 Å². The zero-order valence-electron chi connectivity index (χ0n) is 18.0. The molecule has 10 nitrogen and oxygen atoms in total. The molecule has 0 radical (unpaired) electrons. The summed E-state index contributed by atoms with van der Waals surface area (Å²) < 4.78 is 2.44. The van der Waals surface area contributed by atoms with Gasteiger partial charge in [0.2, 0.25) is 5.62 Å². The number of aromatic nitrogens is 6. The van der Waals surface area contributed by atoms with Crippen LogP contribution in [0.2, 0.25) is 0 Å². The lowest BCUT2D eigenvalue weighted by Gasteiger charge is -2.22. The van der Waals surface area contributed by atoms with Crippen LogP contribution in [0.5, 0.6) is 0 Å². The quantitative estimate of drug-likeness (QED) is 0.491. The molecule has 0 fully saturated rings. The van der Waals surface area contributed by atoms with Crippen molar-refractivity contribution in [3.63, 3.8) is 0 Å². The average Bonchev–Trinajstić information content (AvgIpc) is 3.14. The fourth-order valence-corrected chi connectivity index (χ4v) is 3.86. The van der Waals surface area contributed by atoms with Crippen LogP contribution in [-0.4, -0.2) is 39.6 Å². The van der Waals surface area contributed by atoms with Crippen LogP contribution in [0.15, 0.2) is 77.0 Å². The lowest BCUT2D eigenvalue weighted by atomic mass is 10.0. The number of nitrogens with zero attached hydrogens (tertiary/aromatic N) is 7. The van der Waals surface area contributed by atoms with E-state index in [9.17, 15) is 10.0 Å². The number of hydroxylamine groups is 2. The average molecular weight is 440 g/mol. The van der Waals surface area contributed by atoms with E-state index in [-0.39, 0.29) is 12.2 Å². The van der Waals surface area contributed by atoms with Crippen molar-refractivity contribution in [3.8, 4) is 11.3 Å². The summed E-state index contributed by atoms with van der Waals surface area (Å²) >= 11 is 0. The number of nitrogens with one attached hydrogen (secondary N) is 1. The zero-order chi connectivity index (χ0) is 23.1. The van der Waals surface area contributed by atoms with Crippen molar-refractivity contribution < 1.29 is 5.21 Å². The van der Waals surface area contributed by atoms with Gasteiger partial charge in [-0.25, -0.2) is 23.9 Å². The molecule has 0 atom stereocenters. The molecular formula is C23H20N8O2. The van der Waals surface area contributed by atoms with Crippen LogP contribution in [0.4, 0.5) is 0 Å². The molecule has 1 aliphatic heterocycles. The summed E-state index contributed by atoms with van der Waals surface area (Å²) in [6.07, 6.45) is 5.15. The van der Waals surface area contributed by atoms with E-state index in [4.69, 9.17) is 5.41 Å². The summed E-state index contributed by atoms with van der Waals surface area (Å²) in [5.41, 5.74) is 3.42. The van der Waals surface area contributed by atoms with Crippen LogP contribution in [-0.2, 0) is 6.54 Å². The fraction of sp³-hybridized carbons (Fsp3) is 0.130. The standard InChI is InChI=1S/C23H20N8O2/c1-14-11-17(12-15(2)31(14)33)19-20(16-7-4-3-5-8-16)26-22(24)30-21(19)28-29(23(30)32)13-18-9-6-10-25-27-18/h3-12,24,33H,13H2,1-2H3. The number of fused-ring (bicyclic) bond motifs is 1. The Morgan fingerprint density at radius 2 is 1.76 bits per heavy atom. The molecule has 0 bridgehead atoms. The van der Waals surface area contributed by atoms with Crippen molar-refractivity contribution in [3.05, 3.63) is 99.2 Å². The highest BCUT2D eigenvalue weighted by Gasteiger charge is 2.19. The topological polar surface area (TPSA) is 125 Å². The van der Waals surface area contributed by atoms with E-state index in [0.29, 0.717) is 33.6 Å². The molecule has 4 heterocycles. The van der Waals surface area contributed by atoms with Gasteiger partial charge in [0.15, 0.2) is 5.65 Å². The van der Waals surface area contributed by atoms with Gasteiger partial charge in [-0.1, -0.05) is 30.3 Å². The molecule has 0 amide bonds. The van der Waals surface area contributed by atoms with E-state index in [2.05, 4.69) is 20.3 Å². The minimum atomic E-state index is -0.490. The van der Waals surface area contributed by atoms with Gasteiger partial charge in [0.05, 0.1) is 23.2 Å². The van der Waals surface area contributed by atoms with Crippen LogP contribution < -0.4 is 16.5 Å². The van der Waals surface area contributed by atoms with Crippen LogP contribution in [0.1, 0.15) is 19.5 Å². The van der Waals surface area contributed by atoms with Crippen LogP contribution in [0, 0.1) is 5.41 Å². The molecule has 1 aromatic carbocycles. The maximum absolute atomic E-state index is 13.2. The third-order valence-electron chi connectivity index (χ3n) is 5.40. The minimum Gasteiger partial charge on any atom is -0.284 e. The largest absolute Gasteiger partial charge is 0.353 e. The monoisotopic (exact) mass is 440 g/mol. The second-order valence-corrected chi connectivity index (χ2v) is 7.68. The first-order valence-electron chi connectivity index (χ1n) is 10.2. The van der Waals surface area contributed by atoms with Gasteiger partial charge in [-0.3, -0.25) is 10.6 Å². The molecule has 33 heavy (non-hydrogen) atoms. The number of rotatable bonds is 3. The van der Waals surface area contributed by atoms with Gasteiger partial charge in [0, 0.05) is 23.2 Å². The van der Waals surface area contributed by atoms with Crippen molar-refractivity contribution >= 4 is 11.2 Å². The number of benzene rings is 1. The Morgan fingerprint density at radius 1 is 1.03 bits per heavy atom. The van der Waals surface area contributed by atoms with E-state index in [1.165, 1.54) is 9.08 Å². The number of allylic oxidation sites excluding steroid dienone is 4. The van der Waals surface area contributed by atoms with Crippen LogP contribution in [0.25, 0.3) is 22.5 Å². The Morgan fingerprint density at radius 3 is 2.42 bits per heavy atom. The molecule has 5 rings (SSSR count). The van der Waals surface area contributed by atoms with Gasteiger partial charge >= 0.3 is 5.69 Å². The van der Waals surface area contributed by atoms with Gasteiger partial charge in [0.1, 0.15) is 0 Å². The molecule has 0 aliphatic carbocycles. The van der Waals surface area contributed by atoms with Gasteiger partial charge in [-0.2, -0.15) is 10.2 Å². The Balaban J connectivity index is 1.90. The summed E-state index contributed by atoms with van der Waals surface area (Å²) in [6, 6.07) is 12.9. The Labute approximate surface area is 187 Å². The van der Waals surface area contributed by atoms with Crippen molar-refractivity contribution in [2.24, 2.45) is 0 Å². The third kappa shape index (κ3) is 3.52. The Kier molecular flexibility index (Phi) is 4.91. The Bertz CT molecular complexity index is 1580. The fourth-order valence-electron chi connectivity index (χ4n) is 3.86.